The second-order valence-electron chi connectivity index (χ2n) is 4.86. The van der Waals surface area contributed by atoms with Gasteiger partial charge in [-0.15, -0.1) is 10.2 Å². The van der Waals surface area contributed by atoms with Crippen molar-refractivity contribution in [2.75, 3.05) is 5.32 Å². The first-order valence-electron chi connectivity index (χ1n) is 6.76. The molecule has 0 aliphatic heterocycles. The second-order valence-corrected chi connectivity index (χ2v) is 7.72. The Morgan fingerprint density at radius 3 is 2.75 bits per heavy atom. The molecule has 0 radical (unpaired) electrons. The van der Waals surface area contributed by atoms with E-state index in [9.17, 15) is 0 Å². The highest BCUT2D eigenvalue weighted by Gasteiger charge is 2.23. The average Bonchev–Trinajstić information content (AvgIpc) is 3.15. The largest absolute Gasteiger partial charge is 0.357 e. The molecule has 1 N–H and O–H groups in total. The van der Waals surface area contributed by atoms with Crippen molar-refractivity contribution >= 4 is 39.8 Å². The molecule has 1 aliphatic carbocycles. The van der Waals surface area contributed by atoms with E-state index in [1.54, 1.807) is 23.1 Å². The summed E-state index contributed by atoms with van der Waals surface area (Å²) in [6.45, 7) is 2.19. The number of nitrogens with one attached hydrogen (secondary N) is 1. The smallest absolute Gasteiger partial charge is 0.206 e. The maximum absolute atomic E-state index is 5.94. The highest BCUT2D eigenvalue weighted by molar-refractivity contribution is 8.01. The van der Waals surface area contributed by atoms with Crippen LogP contribution in [0.15, 0.2) is 28.6 Å². The number of rotatable bonds is 6. The summed E-state index contributed by atoms with van der Waals surface area (Å²) in [4.78, 5) is 0. The van der Waals surface area contributed by atoms with E-state index in [1.165, 1.54) is 18.4 Å². The Morgan fingerprint density at radius 1 is 1.35 bits per heavy atom. The van der Waals surface area contributed by atoms with Crippen molar-refractivity contribution in [1.82, 2.24) is 10.2 Å². The molecule has 0 amide bonds. The van der Waals surface area contributed by atoms with Crippen LogP contribution in [0, 0.1) is 0 Å². The molecule has 1 heterocycles. The third-order valence-electron chi connectivity index (χ3n) is 3.17. The molecule has 3 nitrogen and oxygen atoms in total. The van der Waals surface area contributed by atoms with Gasteiger partial charge in [0.2, 0.25) is 5.13 Å². The Balaban J connectivity index is 1.67. The molecule has 6 heteroatoms. The summed E-state index contributed by atoms with van der Waals surface area (Å²) in [7, 11) is 0. The lowest BCUT2D eigenvalue weighted by Crippen LogP contribution is -1.99. The fourth-order valence-corrected chi connectivity index (χ4v) is 4.15. The van der Waals surface area contributed by atoms with Gasteiger partial charge in [0.1, 0.15) is 0 Å². The molecule has 1 fully saturated rings. The number of benzene rings is 1. The Hall–Kier alpha value is -0.780. The zero-order valence-electron chi connectivity index (χ0n) is 11.2. The molecular weight excluding hydrogens is 310 g/mol. The Kier molecular flexibility index (Phi) is 4.48. The van der Waals surface area contributed by atoms with E-state index in [0.29, 0.717) is 11.3 Å². The fourth-order valence-electron chi connectivity index (χ4n) is 1.90. The van der Waals surface area contributed by atoms with Crippen LogP contribution in [0.4, 0.5) is 5.13 Å². The van der Waals surface area contributed by atoms with Gasteiger partial charge in [0.15, 0.2) is 4.34 Å². The first-order chi connectivity index (χ1) is 9.74. The number of anilines is 1. The third-order valence-corrected chi connectivity index (χ3v) is 5.78. The van der Waals surface area contributed by atoms with Gasteiger partial charge in [-0.1, -0.05) is 53.8 Å². The van der Waals surface area contributed by atoms with Crippen LogP contribution in [0.1, 0.15) is 37.0 Å². The van der Waals surface area contributed by atoms with Crippen LogP contribution in [-0.2, 0) is 0 Å². The van der Waals surface area contributed by atoms with Crippen molar-refractivity contribution in [3.63, 3.8) is 0 Å². The summed E-state index contributed by atoms with van der Waals surface area (Å²) in [5.74, 6) is 0. The van der Waals surface area contributed by atoms with E-state index in [2.05, 4.69) is 34.6 Å². The predicted molar refractivity (Wildman–Crippen MR) is 86.9 cm³/mol. The first-order valence-corrected chi connectivity index (χ1v) is 8.84. The van der Waals surface area contributed by atoms with Crippen molar-refractivity contribution in [3.05, 3.63) is 34.9 Å². The first kappa shape index (κ1) is 14.2. The van der Waals surface area contributed by atoms with E-state index in [0.717, 1.165) is 20.9 Å². The molecule has 1 aromatic carbocycles. The zero-order valence-corrected chi connectivity index (χ0v) is 13.6. The molecule has 0 saturated heterocycles. The molecule has 3 rings (SSSR count). The summed E-state index contributed by atoms with van der Waals surface area (Å²) in [6.07, 6.45) is 3.56. The molecule has 1 atom stereocenters. The van der Waals surface area contributed by atoms with E-state index in [4.69, 9.17) is 11.6 Å². The van der Waals surface area contributed by atoms with Crippen molar-refractivity contribution in [3.8, 4) is 0 Å². The number of aromatic nitrogens is 2. The van der Waals surface area contributed by atoms with Gasteiger partial charge in [-0.2, -0.15) is 0 Å². The van der Waals surface area contributed by atoms with Gasteiger partial charge in [0.05, 0.1) is 0 Å². The van der Waals surface area contributed by atoms with Crippen molar-refractivity contribution in [2.45, 2.75) is 41.8 Å². The Morgan fingerprint density at radius 2 is 2.10 bits per heavy atom. The fraction of sp³-hybridized carbons (Fsp3) is 0.429. The number of thioether (sulfide) groups is 1. The van der Waals surface area contributed by atoms with Crippen LogP contribution < -0.4 is 5.32 Å². The predicted octanol–water partition coefficient (Wildman–Crippen LogP) is 5.01. The van der Waals surface area contributed by atoms with Gasteiger partial charge in [0.25, 0.3) is 0 Å². The number of hydrogen-bond acceptors (Lipinski definition) is 5. The van der Waals surface area contributed by atoms with Gasteiger partial charge >= 0.3 is 0 Å². The topological polar surface area (TPSA) is 37.8 Å². The normalized spacial score (nSPS) is 16.1. The van der Waals surface area contributed by atoms with Gasteiger partial charge in [-0.3, -0.25) is 0 Å². The molecule has 0 bridgehead atoms. The quantitative estimate of drug-likeness (QED) is 0.758. The van der Waals surface area contributed by atoms with Crippen LogP contribution in [0.25, 0.3) is 0 Å². The van der Waals surface area contributed by atoms with Crippen molar-refractivity contribution < 1.29 is 0 Å². The number of hydrogen-bond donors (Lipinski definition) is 1. The van der Waals surface area contributed by atoms with Gasteiger partial charge in [0, 0.05) is 16.3 Å². The molecule has 2 aromatic rings. The number of nitrogens with zero attached hydrogens (tertiary/aromatic N) is 2. The van der Waals surface area contributed by atoms with E-state index in [-0.39, 0.29) is 0 Å². The Bertz CT molecular complexity index is 566. The van der Waals surface area contributed by atoms with Crippen LogP contribution in [0.2, 0.25) is 5.02 Å². The van der Waals surface area contributed by atoms with Crippen LogP contribution in [0.3, 0.4) is 0 Å². The van der Waals surface area contributed by atoms with Crippen molar-refractivity contribution in [1.29, 1.82) is 0 Å². The molecule has 1 aromatic heterocycles. The van der Waals surface area contributed by atoms with Crippen molar-refractivity contribution in [2.24, 2.45) is 0 Å². The molecule has 20 heavy (non-hydrogen) atoms. The van der Waals surface area contributed by atoms with E-state index in [1.807, 2.05) is 12.1 Å². The van der Waals surface area contributed by atoms with Crippen LogP contribution in [-0.4, -0.2) is 16.2 Å². The highest BCUT2D eigenvalue weighted by atomic mass is 35.5. The lowest BCUT2D eigenvalue weighted by Gasteiger charge is -2.12. The minimum atomic E-state index is 0.397. The monoisotopic (exact) mass is 325 g/mol. The summed E-state index contributed by atoms with van der Waals surface area (Å²) >= 11 is 9.37. The minimum absolute atomic E-state index is 0.397. The highest BCUT2D eigenvalue weighted by Crippen LogP contribution is 2.40. The minimum Gasteiger partial charge on any atom is -0.357 e. The molecule has 106 valence electrons. The summed E-state index contributed by atoms with van der Waals surface area (Å²) in [5.41, 5.74) is 1.29. The third kappa shape index (κ3) is 3.65. The zero-order chi connectivity index (χ0) is 13.9. The molecule has 0 spiro atoms. The van der Waals surface area contributed by atoms with Gasteiger partial charge in [-0.25, -0.2) is 0 Å². The lowest BCUT2D eigenvalue weighted by molar-refractivity contribution is 0.889. The standard InChI is InChI=1S/C14H16ClN3S2/c1-2-12(9-3-5-10(15)6-4-9)19-14-18-17-13(20-14)16-11-7-8-11/h3-6,11-12H,2,7-8H2,1H3,(H,16,17). The van der Waals surface area contributed by atoms with Crippen LogP contribution in [0.5, 0.6) is 0 Å². The molecule has 1 unspecified atom stereocenters. The Labute approximate surface area is 132 Å². The molecule has 1 saturated carbocycles. The number of halogens is 1. The molecular formula is C14H16ClN3S2. The van der Waals surface area contributed by atoms with Gasteiger partial charge < -0.3 is 5.32 Å². The maximum atomic E-state index is 5.94. The van der Waals surface area contributed by atoms with Gasteiger partial charge in [-0.05, 0) is 37.0 Å². The lowest BCUT2D eigenvalue weighted by atomic mass is 10.1. The summed E-state index contributed by atoms with van der Waals surface area (Å²) in [6, 6.07) is 8.70. The maximum Gasteiger partial charge on any atom is 0.206 e. The van der Waals surface area contributed by atoms with E-state index < -0.39 is 0 Å². The summed E-state index contributed by atoms with van der Waals surface area (Å²) in [5, 5.41) is 14.0. The molecule has 1 aliphatic rings. The van der Waals surface area contributed by atoms with E-state index >= 15 is 0 Å². The average molecular weight is 326 g/mol. The SMILES string of the molecule is CCC(Sc1nnc(NC2CC2)s1)c1ccc(Cl)cc1. The summed E-state index contributed by atoms with van der Waals surface area (Å²) < 4.78 is 1.02. The van der Waals surface area contributed by atoms with Crippen LogP contribution >= 0.6 is 34.7 Å². The second kappa shape index (κ2) is 6.33.